The van der Waals surface area contributed by atoms with E-state index in [0.29, 0.717) is 13.4 Å². The molecule has 0 aliphatic carbocycles. The Kier molecular flexibility index (Phi) is 2.35. The van der Waals surface area contributed by atoms with Crippen molar-refractivity contribution in [2.45, 2.75) is 32.3 Å². The molecular weight excluding hydrogens is 214 g/mol. The smallest absolute Gasteiger partial charge is 0.147 e. The van der Waals surface area contributed by atoms with Crippen molar-refractivity contribution in [3.63, 3.8) is 0 Å². The highest BCUT2D eigenvalue weighted by molar-refractivity contribution is 5.99. The molecule has 0 amide bonds. The molecule has 1 saturated heterocycles. The number of rotatable bonds is 1. The van der Waals surface area contributed by atoms with Crippen molar-refractivity contribution in [1.82, 2.24) is 0 Å². The molecule has 90 valence electrons. The predicted octanol–water partition coefficient (Wildman–Crippen LogP) is 3.12. The van der Waals surface area contributed by atoms with E-state index >= 15 is 0 Å². The zero-order chi connectivity index (χ0) is 12.0. The second-order valence-electron chi connectivity index (χ2n) is 5.24. The average molecular weight is 231 g/mol. The van der Waals surface area contributed by atoms with Crippen LogP contribution in [0.3, 0.4) is 0 Å². The van der Waals surface area contributed by atoms with Gasteiger partial charge in [-0.15, -0.1) is 0 Å². The van der Waals surface area contributed by atoms with Gasteiger partial charge in [-0.1, -0.05) is 26.0 Å². The maximum absolute atomic E-state index is 5.53. The van der Waals surface area contributed by atoms with Crippen molar-refractivity contribution < 1.29 is 9.47 Å². The quantitative estimate of drug-likeness (QED) is 0.743. The number of hydrogen-bond acceptors (Lipinski definition) is 3. The number of ether oxygens (including phenoxy) is 2. The van der Waals surface area contributed by atoms with E-state index < -0.39 is 0 Å². The third-order valence-electron chi connectivity index (χ3n) is 3.88. The molecule has 0 bridgehead atoms. The fourth-order valence-corrected chi connectivity index (χ4v) is 2.39. The monoisotopic (exact) mass is 231 g/mol. The lowest BCUT2D eigenvalue weighted by Gasteiger charge is -2.21. The highest BCUT2D eigenvalue weighted by atomic mass is 16.7. The molecule has 1 unspecified atom stereocenters. The summed E-state index contributed by atoms with van der Waals surface area (Å²) < 4.78 is 10.8. The van der Waals surface area contributed by atoms with Gasteiger partial charge in [-0.25, -0.2) is 0 Å². The van der Waals surface area contributed by atoms with Crippen LogP contribution in [0.4, 0.5) is 5.69 Å². The lowest BCUT2D eigenvalue weighted by molar-refractivity contribution is 0.0466. The molecule has 2 aliphatic heterocycles. The minimum atomic E-state index is 0.0325. The third-order valence-corrected chi connectivity index (χ3v) is 3.88. The summed E-state index contributed by atoms with van der Waals surface area (Å²) in [5.74, 6) is 0. The molecule has 1 fully saturated rings. The molecular formula is C14H17NO2. The van der Waals surface area contributed by atoms with Crippen LogP contribution in [0.15, 0.2) is 23.2 Å². The SMILES string of the molecule is CC1=Nc2ccc(C3COCO3)cc2C1(C)C. The van der Waals surface area contributed by atoms with Crippen molar-refractivity contribution in [3.8, 4) is 0 Å². The van der Waals surface area contributed by atoms with Gasteiger partial charge in [-0.3, -0.25) is 4.99 Å². The van der Waals surface area contributed by atoms with Crippen LogP contribution in [-0.2, 0) is 14.9 Å². The van der Waals surface area contributed by atoms with Crippen molar-refractivity contribution in [3.05, 3.63) is 29.3 Å². The average Bonchev–Trinajstić information content (AvgIpc) is 2.88. The van der Waals surface area contributed by atoms with Crippen LogP contribution in [0, 0.1) is 0 Å². The number of aliphatic imine (C=N–C) groups is 1. The summed E-state index contributed by atoms with van der Waals surface area (Å²) in [6, 6.07) is 6.40. The van der Waals surface area contributed by atoms with Crippen LogP contribution < -0.4 is 0 Å². The molecule has 3 rings (SSSR count). The van der Waals surface area contributed by atoms with Crippen LogP contribution >= 0.6 is 0 Å². The number of nitrogens with zero attached hydrogens (tertiary/aromatic N) is 1. The molecule has 1 atom stereocenters. The Morgan fingerprint density at radius 2 is 2.18 bits per heavy atom. The zero-order valence-electron chi connectivity index (χ0n) is 10.5. The summed E-state index contributed by atoms with van der Waals surface area (Å²) in [5, 5.41) is 0. The maximum atomic E-state index is 5.53. The first kappa shape index (κ1) is 10.9. The minimum absolute atomic E-state index is 0.0325. The summed E-state index contributed by atoms with van der Waals surface area (Å²) in [4.78, 5) is 4.62. The van der Waals surface area contributed by atoms with E-state index in [1.807, 2.05) is 0 Å². The van der Waals surface area contributed by atoms with Crippen molar-refractivity contribution >= 4 is 11.4 Å². The van der Waals surface area contributed by atoms with Gasteiger partial charge in [0.25, 0.3) is 0 Å². The molecule has 0 N–H and O–H groups in total. The van der Waals surface area contributed by atoms with E-state index in [2.05, 4.69) is 44.0 Å². The Bertz CT molecular complexity index is 485. The Morgan fingerprint density at radius 1 is 1.35 bits per heavy atom. The fraction of sp³-hybridized carbons (Fsp3) is 0.500. The molecule has 1 aromatic rings. The maximum Gasteiger partial charge on any atom is 0.147 e. The van der Waals surface area contributed by atoms with Gasteiger partial charge in [0.15, 0.2) is 0 Å². The third kappa shape index (κ3) is 1.61. The molecule has 3 heteroatoms. The number of fused-ring (bicyclic) bond motifs is 1. The highest BCUT2D eigenvalue weighted by Gasteiger charge is 2.33. The van der Waals surface area contributed by atoms with Gasteiger partial charge < -0.3 is 9.47 Å². The largest absolute Gasteiger partial charge is 0.352 e. The number of benzene rings is 1. The van der Waals surface area contributed by atoms with Gasteiger partial charge in [-0.2, -0.15) is 0 Å². The van der Waals surface area contributed by atoms with Gasteiger partial charge in [0, 0.05) is 11.1 Å². The summed E-state index contributed by atoms with van der Waals surface area (Å²) in [7, 11) is 0. The molecule has 17 heavy (non-hydrogen) atoms. The van der Waals surface area contributed by atoms with Crippen LogP contribution in [0.2, 0.25) is 0 Å². The number of hydrogen-bond donors (Lipinski definition) is 0. The zero-order valence-corrected chi connectivity index (χ0v) is 10.5. The van der Waals surface area contributed by atoms with E-state index in [0.717, 1.165) is 5.69 Å². The normalized spacial score (nSPS) is 25.8. The van der Waals surface area contributed by atoms with Crippen molar-refractivity contribution in [1.29, 1.82) is 0 Å². The molecule has 0 spiro atoms. The lowest BCUT2D eigenvalue weighted by atomic mass is 9.81. The first-order valence-corrected chi connectivity index (χ1v) is 5.98. The van der Waals surface area contributed by atoms with Crippen LogP contribution in [0.25, 0.3) is 0 Å². The topological polar surface area (TPSA) is 30.8 Å². The van der Waals surface area contributed by atoms with E-state index in [9.17, 15) is 0 Å². The second-order valence-corrected chi connectivity index (χ2v) is 5.24. The van der Waals surface area contributed by atoms with Crippen molar-refractivity contribution in [2.24, 2.45) is 4.99 Å². The molecule has 3 nitrogen and oxygen atoms in total. The Morgan fingerprint density at radius 3 is 2.88 bits per heavy atom. The van der Waals surface area contributed by atoms with E-state index in [-0.39, 0.29) is 11.5 Å². The Hall–Kier alpha value is -1.19. The van der Waals surface area contributed by atoms with Gasteiger partial charge >= 0.3 is 0 Å². The molecule has 2 heterocycles. The molecule has 2 aliphatic rings. The fourth-order valence-electron chi connectivity index (χ4n) is 2.39. The molecule has 0 saturated carbocycles. The lowest BCUT2D eigenvalue weighted by Crippen LogP contribution is -2.22. The molecule has 1 aromatic carbocycles. The molecule has 0 aromatic heterocycles. The van der Waals surface area contributed by atoms with Crippen LogP contribution in [-0.4, -0.2) is 19.1 Å². The van der Waals surface area contributed by atoms with Gasteiger partial charge in [0.05, 0.1) is 12.3 Å². The van der Waals surface area contributed by atoms with Gasteiger partial charge in [-0.05, 0) is 24.1 Å². The molecule has 0 radical (unpaired) electrons. The van der Waals surface area contributed by atoms with E-state index in [4.69, 9.17) is 9.47 Å². The van der Waals surface area contributed by atoms with Gasteiger partial charge in [0.2, 0.25) is 0 Å². The summed E-state index contributed by atoms with van der Waals surface area (Å²) >= 11 is 0. The standard InChI is InChI=1S/C14H17NO2/c1-9-14(2,3)11-6-10(4-5-12(11)15-9)13-7-16-8-17-13/h4-6,13H,7-8H2,1-3H3. The highest BCUT2D eigenvalue weighted by Crippen LogP contribution is 2.41. The van der Waals surface area contributed by atoms with Crippen molar-refractivity contribution in [2.75, 3.05) is 13.4 Å². The summed E-state index contributed by atoms with van der Waals surface area (Å²) in [6.07, 6.45) is 0.0806. The van der Waals surface area contributed by atoms with Crippen LogP contribution in [0.5, 0.6) is 0 Å². The summed E-state index contributed by atoms with van der Waals surface area (Å²) in [6.45, 7) is 7.58. The summed E-state index contributed by atoms with van der Waals surface area (Å²) in [5.41, 5.74) is 4.79. The van der Waals surface area contributed by atoms with E-state index in [1.54, 1.807) is 0 Å². The predicted molar refractivity (Wildman–Crippen MR) is 66.9 cm³/mol. The van der Waals surface area contributed by atoms with E-state index in [1.165, 1.54) is 16.8 Å². The first-order chi connectivity index (χ1) is 8.09. The minimum Gasteiger partial charge on any atom is -0.352 e. The Balaban J connectivity index is 2.02. The first-order valence-electron chi connectivity index (χ1n) is 5.98. The van der Waals surface area contributed by atoms with Gasteiger partial charge in [0.1, 0.15) is 12.9 Å². The van der Waals surface area contributed by atoms with Crippen LogP contribution in [0.1, 0.15) is 38.0 Å². The Labute approximate surface area is 101 Å². The second kappa shape index (κ2) is 3.65.